The molecular weight excluding hydrogens is 352 g/mol. The second-order valence-electron chi connectivity index (χ2n) is 8.27. The predicted molar refractivity (Wildman–Crippen MR) is 111 cm³/mol. The summed E-state index contributed by atoms with van der Waals surface area (Å²) in [6, 6.07) is 6.35. The van der Waals surface area contributed by atoms with Crippen molar-refractivity contribution >= 4 is 11.8 Å². The Morgan fingerprint density at radius 2 is 1.54 bits per heavy atom. The Balaban J connectivity index is 1.39. The van der Waals surface area contributed by atoms with E-state index in [9.17, 15) is 9.59 Å². The van der Waals surface area contributed by atoms with Crippen molar-refractivity contribution in [3.63, 3.8) is 0 Å². The molecule has 1 aromatic rings. The largest absolute Gasteiger partial charge is 0.348 e. The van der Waals surface area contributed by atoms with E-state index in [0.29, 0.717) is 13.1 Å². The van der Waals surface area contributed by atoms with Gasteiger partial charge in [0.25, 0.3) is 0 Å². The molecule has 2 aliphatic heterocycles. The van der Waals surface area contributed by atoms with Gasteiger partial charge in [-0.25, -0.2) is 0 Å². The van der Waals surface area contributed by atoms with Gasteiger partial charge < -0.3 is 10.2 Å². The molecule has 3 rings (SSSR count). The summed E-state index contributed by atoms with van der Waals surface area (Å²) in [5, 5.41) is 3.12. The van der Waals surface area contributed by atoms with E-state index in [-0.39, 0.29) is 17.9 Å². The summed E-state index contributed by atoms with van der Waals surface area (Å²) in [7, 11) is 0. The van der Waals surface area contributed by atoms with Gasteiger partial charge in [-0.1, -0.05) is 18.2 Å². The summed E-state index contributed by atoms with van der Waals surface area (Å²) in [4.78, 5) is 31.1. The van der Waals surface area contributed by atoms with Crippen molar-refractivity contribution in [2.45, 2.75) is 39.7 Å². The SMILES string of the molecule is Cc1ccc([C@H](C)NC(=O)CN2CCN(CC(=O)N3CCCC3)CC2)cc1C. The van der Waals surface area contributed by atoms with Gasteiger partial charge in [-0.2, -0.15) is 0 Å². The first-order chi connectivity index (χ1) is 13.4. The summed E-state index contributed by atoms with van der Waals surface area (Å²) < 4.78 is 0. The molecule has 2 amide bonds. The number of carbonyl (C=O) groups excluding carboxylic acids is 2. The van der Waals surface area contributed by atoms with Gasteiger partial charge in [0.05, 0.1) is 19.1 Å². The third-order valence-corrected chi connectivity index (χ3v) is 6.06. The molecule has 1 N–H and O–H groups in total. The Morgan fingerprint density at radius 3 is 2.14 bits per heavy atom. The third-order valence-electron chi connectivity index (χ3n) is 6.06. The number of nitrogens with one attached hydrogen (secondary N) is 1. The number of nitrogens with zero attached hydrogens (tertiary/aromatic N) is 3. The number of aryl methyl sites for hydroxylation is 2. The van der Waals surface area contributed by atoms with Crippen LogP contribution in [0.4, 0.5) is 0 Å². The Hall–Kier alpha value is -1.92. The van der Waals surface area contributed by atoms with E-state index in [1.54, 1.807) is 0 Å². The van der Waals surface area contributed by atoms with Gasteiger partial charge in [0, 0.05) is 39.3 Å². The monoisotopic (exact) mass is 386 g/mol. The van der Waals surface area contributed by atoms with E-state index in [1.165, 1.54) is 11.1 Å². The van der Waals surface area contributed by atoms with Crippen LogP contribution >= 0.6 is 0 Å². The van der Waals surface area contributed by atoms with Crippen molar-refractivity contribution < 1.29 is 9.59 Å². The average Bonchev–Trinajstić information content (AvgIpc) is 3.20. The molecule has 0 aliphatic carbocycles. The van der Waals surface area contributed by atoms with Crippen LogP contribution in [-0.2, 0) is 9.59 Å². The van der Waals surface area contributed by atoms with Gasteiger partial charge in [-0.3, -0.25) is 19.4 Å². The highest BCUT2D eigenvalue weighted by Gasteiger charge is 2.24. The zero-order valence-corrected chi connectivity index (χ0v) is 17.5. The Bertz CT molecular complexity index is 692. The van der Waals surface area contributed by atoms with Gasteiger partial charge >= 0.3 is 0 Å². The fourth-order valence-electron chi connectivity index (χ4n) is 3.97. The minimum absolute atomic E-state index is 0.00571. The molecule has 2 aliphatic rings. The van der Waals surface area contributed by atoms with Crippen molar-refractivity contribution in [1.82, 2.24) is 20.0 Å². The number of hydrogen-bond donors (Lipinski definition) is 1. The van der Waals surface area contributed by atoms with E-state index in [4.69, 9.17) is 0 Å². The molecule has 154 valence electrons. The molecule has 2 saturated heterocycles. The predicted octanol–water partition coefficient (Wildman–Crippen LogP) is 1.72. The fraction of sp³-hybridized carbons (Fsp3) is 0.636. The molecule has 0 aromatic heterocycles. The highest BCUT2D eigenvalue weighted by molar-refractivity contribution is 5.79. The van der Waals surface area contributed by atoms with E-state index in [1.807, 2.05) is 11.8 Å². The number of carbonyl (C=O) groups is 2. The highest BCUT2D eigenvalue weighted by atomic mass is 16.2. The smallest absolute Gasteiger partial charge is 0.236 e. The van der Waals surface area contributed by atoms with Crippen LogP contribution in [0, 0.1) is 13.8 Å². The maximum absolute atomic E-state index is 12.5. The average molecular weight is 387 g/mol. The summed E-state index contributed by atoms with van der Waals surface area (Å²) in [5.41, 5.74) is 3.66. The lowest BCUT2D eigenvalue weighted by molar-refractivity contribution is -0.132. The van der Waals surface area contributed by atoms with Gasteiger partial charge in [0.1, 0.15) is 0 Å². The summed E-state index contributed by atoms with van der Waals surface area (Å²) in [6.45, 7) is 12.4. The normalized spacial score (nSPS) is 19.6. The fourth-order valence-corrected chi connectivity index (χ4v) is 3.97. The lowest BCUT2D eigenvalue weighted by atomic mass is 10.0. The van der Waals surface area contributed by atoms with Crippen LogP contribution in [0.15, 0.2) is 18.2 Å². The number of piperazine rings is 1. The maximum atomic E-state index is 12.5. The Kier molecular flexibility index (Phi) is 7.08. The minimum atomic E-state index is 0.00571. The van der Waals surface area contributed by atoms with Gasteiger partial charge in [0.2, 0.25) is 11.8 Å². The molecule has 0 bridgehead atoms. The Morgan fingerprint density at radius 1 is 0.929 bits per heavy atom. The van der Waals surface area contributed by atoms with Crippen LogP contribution in [-0.4, -0.2) is 78.9 Å². The third kappa shape index (κ3) is 5.55. The molecule has 1 aromatic carbocycles. The quantitative estimate of drug-likeness (QED) is 0.809. The summed E-state index contributed by atoms with van der Waals surface area (Å²) in [5.74, 6) is 0.318. The van der Waals surface area contributed by atoms with E-state index >= 15 is 0 Å². The molecule has 28 heavy (non-hydrogen) atoms. The van der Waals surface area contributed by atoms with Crippen molar-refractivity contribution in [2.24, 2.45) is 0 Å². The molecule has 0 unspecified atom stereocenters. The topological polar surface area (TPSA) is 55.9 Å². The minimum Gasteiger partial charge on any atom is -0.348 e. The zero-order chi connectivity index (χ0) is 20.1. The standard InChI is InChI=1S/C22H34N4O2/c1-17-6-7-20(14-18(17)2)19(3)23-21(27)15-24-10-12-25(13-11-24)16-22(28)26-8-4-5-9-26/h6-7,14,19H,4-5,8-13,15-16H2,1-3H3,(H,23,27)/t19-/m0/s1. The zero-order valence-electron chi connectivity index (χ0n) is 17.5. The van der Waals surface area contributed by atoms with E-state index in [0.717, 1.165) is 57.7 Å². The molecule has 0 radical (unpaired) electrons. The lowest BCUT2D eigenvalue weighted by Crippen LogP contribution is -2.51. The first-order valence-corrected chi connectivity index (χ1v) is 10.5. The van der Waals surface area contributed by atoms with Crippen molar-refractivity contribution in [3.05, 3.63) is 34.9 Å². The molecule has 1 atom stereocenters. The second kappa shape index (κ2) is 9.52. The molecule has 6 heteroatoms. The molecular formula is C22H34N4O2. The van der Waals surface area contributed by atoms with Crippen LogP contribution in [0.5, 0.6) is 0 Å². The lowest BCUT2D eigenvalue weighted by Gasteiger charge is -2.34. The van der Waals surface area contributed by atoms with Gasteiger partial charge in [-0.15, -0.1) is 0 Å². The van der Waals surface area contributed by atoms with E-state index < -0.39 is 0 Å². The van der Waals surface area contributed by atoms with Crippen LogP contribution < -0.4 is 5.32 Å². The van der Waals surface area contributed by atoms with Gasteiger partial charge in [0.15, 0.2) is 0 Å². The van der Waals surface area contributed by atoms with Crippen molar-refractivity contribution in [2.75, 3.05) is 52.4 Å². The number of amides is 2. The number of likely N-dealkylation sites (tertiary alicyclic amines) is 1. The van der Waals surface area contributed by atoms with Crippen LogP contribution in [0.3, 0.4) is 0 Å². The molecule has 0 saturated carbocycles. The maximum Gasteiger partial charge on any atom is 0.236 e. The van der Waals surface area contributed by atoms with Crippen molar-refractivity contribution in [3.8, 4) is 0 Å². The first-order valence-electron chi connectivity index (χ1n) is 10.5. The Labute approximate surface area is 168 Å². The second-order valence-corrected chi connectivity index (χ2v) is 8.27. The van der Waals surface area contributed by atoms with Crippen LogP contribution in [0.2, 0.25) is 0 Å². The molecule has 6 nitrogen and oxygen atoms in total. The summed E-state index contributed by atoms with van der Waals surface area (Å²) >= 11 is 0. The van der Waals surface area contributed by atoms with Crippen molar-refractivity contribution in [1.29, 1.82) is 0 Å². The highest BCUT2D eigenvalue weighted by Crippen LogP contribution is 2.17. The van der Waals surface area contributed by atoms with E-state index in [2.05, 4.69) is 47.2 Å². The number of benzene rings is 1. The van der Waals surface area contributed by atoms with Gasteiger partial charge in [-0.05, 0) is 50.3 Å². The molecule has 2 fully saturated rings. The molecule has 2 heterocycles. The van der Waals surface area contributed by atoms with Crippen LogP contribution in [0.1, 0.15) is 42.5 Å². The molecule has 0 spiro atoms. The number of rotatable bonds is 6. The first kappa shape index (κ1) is 20.8. The summed E-state index contributed by atoms with van der Waals surface area (Å²) in [6.07, 6.45) is 2.27. The van der Waals surface area contributed by atoms with Crippen LogP contribution in [0.25, 0.3) is 0 Å². The number of hydrogen-bond acceptors (Lipinski definition) is 4.